The Hall–Kier alpha value is -0.280. The molecule has 0 aromatic rings. The van der Waals surface area contributed by atoms with Crippen LogP contribution in [0.2, 0.25) is 0 Å². The van der Waals surface area contributed by atoms with Gasteiger partial charge in [-0.05, 0) is 29.0 Å². The second-order valence-electron chi connectivity index (χ2n) is 4.50. The Morgan fingerprint density at radius 2 is 2.23 bits per heavy atom. The maximum Gasteiger partial charge on any atom is 0.324 e. The van der Waals surface area contributed by atoms with Gasteiger partial charge in [0, 0.05) is 6.54 Å². The Kier molecular flexibility index (Phi) is 1.86. The molecule has 1 saturated carbocycles. The van der Waals surface area contributed by atoms with Crippen molar-refractivity contribution in [2.45, 2.75) is 19.9 Å². The number of halogens is 1. The molecule has 0 aromatic carbocycles. The average molecular weight is 204 g/mol. The van der Waals surface area contributed by atoms with Crippen molar-refractivity contribution >= 4 is 17.7 Å². The van der Waals surface area contributed by atoms with Crippen LogP contribution in [0.3, 0.4) is 0 Å². The van der Waals surface area contributed by atoms with Crippen LogP contribution in [0, 0.1) is 17.3 Å². The molecule has 2 fully saturated rings. The number of nitrogens with zero attached hydrogens (tertiary/aromatic N) is 1. The number of carbonyl (C=O) groups excluding carboxylic acids is 1. The zero-order valence-corrected chi connectivity index (χ0v) is 8.84. The van der Waals surface area contributed by atoms with Crippen LogP contribution < -0.4 is 0 Å². The fourth-order valence-electron chi connectivity index (χ4n) is 2.62. The van der Waals surface area contributed by atoms with Crippen molar-refractivity contribution < 1.29 is 9.53 Å². The zero-order chi connectivity index (χ0) is 9.80. The third kappa shape index (κ3) is 1.10. The van der Waals surface area contributed by atoms with Crippen molar-refractivity contribution in [1.82, 2.24) is 4.42 Å². The topological polar surface area (TPSA) is 29.5 Å². The lowest BCUT2D eigenvalue weighted by molar-refractivity contribution is -0.145. The van der Waals surface area contributed by atoms with Gasteiger partial charge in [0.05, 0.1) is 7.11 Å². The number of fused-ring (bicyclic) bond motifs is 1. The Balaban J connectivity index is 2.15. The summed E-state index contributed by atoms with van der Waals surface area (Å²) in [6.45, 7) is 5.17. The molecule has 74 valence electrons. The second kappa shape index (κ2) is 2.61. The van der Waals surface area contributed by atoms with Crippen LogP contribution in [-0.4, -0.2) is 30.1 Å². The summed E-state index contributed by atoms with van der Waals surface area (Å²) in [6.07, 6.45) is 0. The van der Waals surface area contributed by atoms with Gasteiger partial charge in [-0.3, -0.25) is 4.79 Å². The summed E-state index contributed by atoms with van der Waals surface area (Å²) in [6, 6.07) is -0.230. The first-order chi connectivity index (χ1) is 6.00. The molecule has 0 radical (unpaired) electrons. The van der Waals surface area contributed by atoms with E-state index < -0.39 is 0 Å². The van der Waals surface area contributed by atoms with Crippen LogP contribution in [0.4, 0.5) is 0 Å². The zero-order valence-electron chi connectivity index (χ0n) is 8.08. The van der Waals surface area contributed by atoms with E-state index in [1.165, 1.54) is 7.11 Å². The highest BCUT2D eigenvalue weighted by Crippen LogP contribution is 2.65. The molecule has 1 aliphatic carbocycles. The number of methoxy groups -OCH3 is 1. The Morgan fingerprint density at radius 3 is 2.69 bits per heavy atom. The average Bonchev–Trinajstić information content (AvgIpc) is 2.48. The standard InChI is InChI=1S/C9H14ClNO2/c1-9(2)5-4-11(10)7(6(5)9)8(12)13-3/h5-7H,4H2,1-3H3/t5?,6-,7?/m1/s1. The largest absolute Gasteiger partial charge is 0.468 e. The lowest BCUT2D eigenvalue weighted by Gasteiger charge is -2.22. The molecule has 1 saturated heterocycles. The number of hydrogen-bond acceptors (Lipinski definition) is 3. The highest BCUT2D eigenvalue weighted by atomic mass is 35.5. The van der Waals surface area contributed by atoms with Crippen molar-refractivity contribution in [3.8, 4) is 0 Å². The minimum absolute atomic E-state index is 0.201. The smallest absolute Gasteiger partial charge is 0.324 e. The summed E-state index contributed by atoms with van der Waals surface area (Å²) in [5.41, 5.74) is 0.268. The highest BCUT2D eigenvalue weighted by molar-refractivity contribution is 6.15. The Labute approximate surface area is 83.1 Å². The van der Waals surface area contributed by atoms with E-state index in [0.29, 0.717) is 11.8 Å². The molecule has 1 aliphatic heterocycles. The van der Waals surface area contributed by atoms with E-state index in [2.05, 4.69) is 13.8 Å². The van der Waals surface area contributed by atoms with E-state index >= 15 is 0 Å². The minimum atomic E-state index is -0.230. The molecule has 2 unspecified atom stereocenters. The molecular formula is C9H14ClNO2. The molecule has 4 heteroatoms. The van der Waals surface area contributed by atoms with Crippen LogP contribution in [0.15, 0.2) is 0 Å². The molecule has 3 atom stereocenters. The molecular weight excluding hydrogens is 190 g/mol. The monoisotopic (exact) mass is 203 g/mol. The van der Waals surface area contributed by atoms with Gasteiger partial charge >= 0.3 is 5.97 Å². The maximum atomic E-state index is 11.4. The first-order valence-electron chi connectivity index (χ1n) is 4.50. The van der Waals surface area contributed by atoms with E-state index in [0.717, 1.165) is 6.54 Å². The van der Waals surface area contributed by atoms with Crippen LogP contribution in [0.1, 0.15) is 13.8 Å². The minimum Gasteiger partial charge on any atom is -0.468 e. The third-order valence-electron chi connectivity index (χ3n) is 3.59. The highest BCUT2D eigenvalue weighted by Gasteiger charge is 2.68. The van der Waals surface area contributed by atoms with Gasteiger partial charge in [0.1, 0.15) is 6.04 Å². The van der Waals surface area contributed by atoms with Gasteiger partial charge in [-0.25, -0.2) is 4.42 Å². The molecule has 1 heterocycles. The molecule has 0 aromatic heterocycles. The van der Waals surface area contributed by atoms with Crippen molar-refractivity contribution in [2.75, 3.05) is 13.7 Å². The molecule has 0 bridgehead atoms. The number of ether oxygens (including phenoxy) is 1. The van der Waals surface area contributed by atoms with Gasteiger partial charge < -0.3 is 4.74 Å². The van der Waals surface area contributed by atoms with Crippen LogP contribution in [0.5, 0.6) is 0 Å². The summed E-state index contributed by atoms with van der Waals surface area (Å²) in [5, 5.41) is 0. The molecule has 0 spiro atoms. The van der Waals surface area contributed by atoms with Crippen molar-refractivity contribution in [2.24, 2.45) is 17.3 Å². The SMILES string of the molecule is COC(=O)C1[C@H]2C(CN1Cl)C2(C)C. The lowest BCUT2D eigenvalue weighted by atomic mass is 10.0. The summed E-state index contributed by atoms with van der Waals surface area (Å²) < 4.78 is 6.32. The number of carbonyl (C=O) groups is 1. The molecule has 3 nitrogen and oxygen atoms in total. The van der Waals surface area contributed by atoms with Gasteiger partial charge in [0.25, 0.3) is 0 Å². The van der Waals surface area contributed by atoms with E-state index in [4.69, 9.17) is 16.5 Å². The van der Waals surface area contributed by atoms with Crippen molar-refractivity contribution in [3.05, 3.63) is 0 Å². The first-order valence-corrected chi connectivity index (χ1v) is 4.84. The summed E-state index contributed by atoms with van der Waals surface area (Å²) in [7, 11) is 1.41. The van der Waals surface area contributed by atoms with Crippen LogP contribution in [-0.2, 0) is 9.53 Å². The van der Waals surface area contributed by atoms with Crippen LogP contribution in [0.25, 0.3) is 0 Å². The van der Waals surface area contributed by atoms with Crippen LogP contribution >= 0.6 is 11.8 Å². The van der Waals surface area contributed by atoms with Crippen molar-refractivity contribution in [1.29, 1.82) is 0 Å². The number of piperidine rings is 1. The number of rotatable bonds is 1. The quantitative estimate of drug-likeness (QED) is 0.475. The lowest BCUT2D eigenvalue weighted by Crippen LogP contribution is -2.36. The predicted octanol–water partition coefficient (Wildman–Crippen LogP) is 1.27. The molecule has 0 amide bonds. The molecule has 0 N–H and O–H groups in total. The Bertz CT molecular complexity index is 254. The first kappa shape index (κ1) is 9.28. The summed E-state index contributed by atoms with van der Waals surface area (Å²) in [4.78, 5) is 11.4. The number of esters is 1. The molecule has 2 aliphatic rings. The number of hydrogen-bond donors (Lipinski definition) is 0. The van der Waals surface area contributed by atoms with Crippen molar-refractivity contribution in [3.63, 3.8) is 0 Å². The van der Waals surface area contributed by atoms with Gasteiger partial charge in [-0.1, -0.05) is 13.8 Å². The maximum absolute atomic E-state index is 11.4. The Morgan fingerprint density at radius 1 is 1.62 bits per heavy atom. The normalized spacial score (nSPS) is 41.4. The van der Waals surface area contributed by atoms with Gasteiger partial charge in [0.2, 0.25) is 0 Å². The summed E-state index contributed by atoms with van der Waals surface area (Å²) >= 11 is 5.94. The fourth-order valence-corrected chi connectivity index (χ4v) is 2.97. The van der Waals surface area contributed by atoms with E-state index in [1.807, 2.05) is 0 Å². The fraction of sp³-hybridized carbons (Fsp3) is 0.889. The predicted molar refractivity (Wildman–Crippen MR) is 49.1 cm³/mol. The van der Waals surface area contributed by atoms with Gasteiger partial charge in [-0.15, -0.1) is 0 Å². The summed E-state index contributed by atoms with van der Waals surface area (Å²) in [5.74, 6) is 0.750. The third-order valence-corrected chi connectivity index (χ3v) is 3.94. The molecule has 13 heavy (non-hydrogen) atoms. The van der Waals surface area contributed by atoms with Gasteiger partial charge in [0.15, 0.2) is 0 Å². The van der Waals surface area contributed by atoms with E-state index in [1.54, 1.807) is 4.42 Å². The van der Waals surface area contributed by atoms with E-state index in [-0.39, 0.29) is 17.4 Å². The van der Waals surface area contributed by atoms with Gasteiger partial charge in [-0.2, -0.15) is 0 Å². The molecule has 2 rings (SSSR count). The van der Waals surface area contributed by atoms with E-state index in [9.17, 15) is 4.79 Å². The second-order valence-corrected chi connectivity index (χ2v) is 4.94.